The summed E-state index contributed by atoms with van der Waals surface area (Å²) in [7, 11) is 0. The fraction of sp³-hybridized carbons (Fsp3) is 0.235. The van der Waals surface area contributed by atoms with Gasteiger partial charge in [-0.25, -0.2) is 0 Å². The molecular formula is C17H16ClN3O2S. The molecule has 3 rings (SSSR count). The highest BCUT2D eigenvalue weighted by Crippen LogP contribution is 2.28. The first kappa shape index (κ1) is 16.8. The predicted octanol–water partition coefficient (Wildman–Crippen LogP) is 4.57. The first-order valence-electron chi connectivity index (χ1n) is 7.53. The summed E-state index contributed by atoms with van der Waals surface area (Å²) >= 11 is 7.34. The quantitative estimate of drug-likeness (QED) is 0.475. The second-order valence-corrected chi connectivity index (χ2v) is 6.91. The number of nitrogens with zero attached hydrogens (tertiary/aromatic N) is 3. The van der Waals surface area contributed by atoms with Gasteiger partial charge in [0.2, 0.25) is 0 Å². The van der Waals surface area contributed by atoms with E-state index >= 15 is 0 Å². The van der Waals surface area contributed by atoms with Crippen molar-refractivity contribution in [2.24, 2.45) is 0 Å². The van der Waals surface area contributed by atoms with Crippen LogP contribution in [0.4, 0.5) is 0 Å². The Balaban J connectivity index is 1.82. The average Bonchev–Trinajstić information content (AvgIpc) is 3.23. The molecule has 0 aliphatic rings. The molecule has 0 amide bonds. The topological polar surface area (TPSA) is 60.9 Å². The Morgan fingerprint density at radius 2 is 2.17 bits per heavy atom. The Morgan fingerprint density at radius 3 is 2.83 bits per heavy atom. The second-order valence-electron chi connectivity index (χ2n) is 5.16. The van der Waals surface area contributed by atoms with Crippen LogP contribution in [0.2, 0.25) is 5.02 Å². The van der Waals surface area contributed by atoms with E-state index in [2.05, 4.69) is 10.2 Å². The number of Topliss-reactive ketones (excluding diaryl/α,β-unsaturated/α-hetero) is 1. The van der Waals surface area contributed by atoms with E-state index in [0.717, 1.165) is 0 Å². The summed E-state index contributed by atoms with van der Waals surface area (Å²) < 4.78 is 7.33. The summed E-state index contributed by atoms with van der Waals surface area (Å²) in [5.74, 6) is 1.32. The monoisotopic (exact) mass is 361 g/mol. The lowest BCUT2D eigenvalue weighted by Gasteiger charge is -2.11. The molecule has 124 valence electrons. The number of ketones is 1. The molecule has 0 saturated carbocycles. The number of hydrogen-bond acceptors (Lipinski definition) is 5. The highest BCUT2D eigenvalue weighted by molar-refractivity contribution is 8.00. The van der Waals surface area contributed by atoms with E-state index in [-0.39, 0.29) is 11.0 Å². The molecule has 0 saturated heterocycles. The molecule has 0 aliphatic carbocycles. The molecule has 5 nitrogen and oxygen atoms in total. The normalized spacial score (nSPS) is 12.3. The highest BCUT2D eigenvalue weighted by Gasteiger charge is 2.22. The Labute approximate surface area is 149 Å². The largest absolute Gasteiger partial charge is 0.461 e. The number of thioether (sulfide) groups is 1. The minimum atomic E-state index is -0.303. The fourth-order valence-corrected chi connectivity index (χ4v) is 3.52. The molecule has 0 N–H and O–H groups in total. The lowest BCUT2D eigenvalue weighted by atomic mass is 10.1. The number of carbonyl (C=O) groups is 1. The first-order valence-corrected chi connectivity index (χ1v) is 8.79. The second kappa shape index (κ2) is 7.23. The highest BCUT2D eigenvalue weighted by atomic mass is 35.5. The van der Waals surface area contributed by atoms with Crippen molar-refractivity contribution in [2.45, 2.75) is 30.8 Å². The van der Waals surface area contributed by atoms with Crippen LogP contribution < -0.4 is 0 Å². The van der Waals surface area contributed by atoms with E-state index in [4.69, 9.17) is 16.0 Å². The number of hydrogen-bond donors (Lipinski definition) is 0. The van der Waals surface area contributed by atoms with Gasteiger partial charge in [0.1, 0.15) is 0 Å². The van der Waals surface area contributed by atoms with Crippen LogP contribution in [0.3, 0.4) is 0 Å². The Kier molecular flexibility index (Phi) is 5.06. The van der Waals surface area contributed by atoms with Gasteiger partial charge in [0, 0.05) is 17.1 Å². The van der Waals surface area contributed by atoms with Gasteiger partial charge in [-0.1, -0.05) is 35.5 Å². The minimum Gasteiger partial charge on any atom is -0.461 e. The van der Waals surface area contributed by atoms with Crippen molar-refractivity contribution in [1.29, 1.82) is 0 Å². The van der Waals surface area contributed by atoms with Gasteiger partial charge in [-0.3, -0.25) is 9.36 Å². The number of aromatic nitrogens is 3. The maximum Gasteiger partial charge on any atom is 0.200 e. The maximum absolute atomic E-state index is 12.6. The van der Waals surface area contributed by atoms with Crippen LogP contribution in [0, 0.1) is 0 Å². The van der Waals surface area contributed by atoms with E-state index in [1.165, 1.54) is 11.8 Å². The zero-order chi connectivity index (χ0) is 17.1. The predicted molar refractivity (Wildman–Crippen MR) is 94.5 cm³/mol. The Hall–Kier alpha value is -2.05. The number of rotatable bonds is 6. The van der Waals surface area contributed by atoms with Crippen LogP contribution >= 0.6 is 23.4 Å². The molecule has 0 fully saturated rings. The van der Waals surface area contributed by atoms with Gasteiger partial charge in [-0.2, -0.15) is 0 Å². The average molecular weight is 362 g/mol. The number of furan rings is 1. The summed E-state index contributed by atoms with van der Waals surface area (Å²) in [6, 6.07) is 10.6. The molecule has 1 aromatic carbocycles. The van der Waals surface area contributed by atoms with Crippen LogP contribution in [0.1, 0.15) is 24.2 Å². The van der Waals surface area contributed by atoms with E-state index in [1.807, 2.05) is 30.5 Å². The van der Waals surface area contributed by atoms with Gasteiger partial charge in [0.25, 0.3) is 0 Å². The third-order valence-corrected chi connectivity index (χ3v) is 4.85. The third kappa shape index (κ3) is 3.39. The van der Waals surface area contributed by atoms with Crippen molar-refractivity contribution in [2.75, 3.05) is 0 Å². The molecular weight excluding hydrogens is 346 g/mol. The Morgan fingerprint density at radius 1 is 1.33 bits per heavy atom. The van der Waals surface area contributed by atoms with Crippen molar-refractivity contribution in [3.8, 4) is 11.6 Å². The van der Waals surface area contributed by atoms with Gasteiger partial charge in [0.15, 0.2) is 22.5 Å². The van der Waals surface area contributed by atoms with Crippen LogP contribution in [0.15, 0.2) is 52.2 Å². The molecule has 7 heteroatoms. The summed E-state index contributed by atoms with van der Waals surface area (Å²) in [4.78, 5) is 12.6. The summed E-state index contributed by atoms with van der Waals surface area (Å²) in [6.07, 6.45) is 1.60. The van der Waals surface area contributed by atoms with Crippen LogP contribution in [-0.4, -0.2) is 25.8 Å². The Bertz CT molecular complexity index is 845. The van der Waals surface area contributed by atoms with Crippen LogP contribution in [-0.2, 0) is 6.54 Å². The van der Waals surface area contributed by atoms with Gasteiger partial charge >= 0.3 is 0 Å². The standard InChI is InChI=1S/C17H16ClN3O2S/c1-3-21-16(14-8-5-9-23-14)19-20-17(21)24-11(2)15(22)12-6-4-7-13(18)10-12/h4-11H,3H2,1-2H3. The molecule has 0 spiro atoms. The molecule has 3 aromatic rings. The first-order chi connectivity index (χ1) is 11.6. The zero-order valence-corrected chi connectivity index (χ0v) is 14.8. The molecule has 1 atom stereocenters. The maximum atomic E-state index is 12.6. The van der Waals surface area contributed by atoms with E-state index in [9.17, 15) is 4.79 Å². The zero-order valence-electron chi connectivity index (χ0n) is 13.3. The van der Waals surface area contributed by atoms with Crippen molar-refractivity contribution >= 4 is 29.1 Å². The number of carbonyl (C=O) groups excluding carboxylic acids is 1. The SMILES string of the molecule is CCn1c(SC(C)C(=O)c2cccc(Cl)c2)nnc1-c1ccco1. The lowest BCUT2D eigenvalue weighted by molar-refractivity contribution is 0.0994. The van der Waals surface area contributed by atoms with Gasteiger partial charge in [-0.15, -0.1) is 10.2 Å². The van der Waals surface area contributed by atoms with Crippen molar-refractivity contribution < 1.29 is 9.21 Å². The van der Waals surface area contributed by atoms with E-state index in [1.54, 1.807) is 30.5 Å². The van der Waals surface area contributed by atoms with Crippen LogP contribution in [0.5, 0.6) is 0 Å². The molecule has 0 bridgehead atoms. The van der Waals surface area contributed by atoms with E-state index < -0.39 is 0 Å². The molecule has 0 aliphatic heterocycles. The number of halogens is 1. The van der Waals surface area contributed by atoms with Gasteiger partial charge < -0.3 is 4.42 Å². The van der Waals surface area contributed by atoms with Crippen LogP contribution in [0.25, 0.3) is 11.6 Å². The van der Waals surface area contributed by atoms with Gasteiger partial charge in [0.05, 0.1) is 11.5 Å². The molecule has 1 unspecified atom stereocenters. The number of benzene rings is 1. The summed E-state index contributed by atoms with van der Waals surface area (Å²) in [6.45, 7) is 4.54. The molecule has 0 radical (unpaired) electrons. The summed E-state index contributed by atoms with van der Waals surface area (Å²) in [5, 5.41) is 9.34. The van der Waals surface area contributed by atoms with E-state index in [0.29, 0.717) is 33.9 Å². The van der Waals surface area contributed by atoms with Gasteiger partial charge in [-0.05, 0) is 38.1 Å². The smallest absolute Gasteiger partial charge is 0.200 e. The minimum absolute atomic E-state index is 0.00713. The van der Waals surface area contributed by atoms with Crippen molar-refractivity contribution in [3.63, 3.8) is 0 Å². The lowest BCUT2D eigenvalue weighted by Crippen LogP contribution is -2.14. The molecule has 24 heavy (non-hydrogen) atoms. The molecule has 2 aromatic heterocycles. The third-order valence-electron chi connectivity index (χ3n) is 3.54. The summed E-state index contributed by atoms with van der Waals surface area (Å²) in [5.41, 5.74) is 0.594. The van der Waals surface area contributed by atoms with Crippen molar-refractivity contribution in [3.05, 3.63) is 53.2 Å². The fourth-order valence-electron chi connectivity index (χ4n) is 2.34. The molecule has 2 heterocycles. The van der Waals surface area contributed by atoms with Crippen molar-refractivity contribution in [1.82, 2.24) is 14.8 Å².